The first kappa shape index (κ1) is 18.2. The molecule has 1 amide bonds. The number of aryl methyl sites for hydroxylation is 1. The number of fused-ring (bicyclic) bond motifs is 1. The molecule has 25 heavy (non-hydrogen) atoms. The zero-order chi connectivity index (χ0) is 18.0. The number of nitrogens with one attached hydrogen (secondary N) is 1. The monoisotopic (exact) mass is 471 g/mol. The number of carbonyl (C=O) groups is 2. The van der Waals surface area contributed by atoms with Crippen molar-refractivity contribution in [3.63, 3.8) is 0 Å². The van der Waals surface area contributed by atoms with Gasteiger partial charge in [0, 0.05) is 10.4 Å². The molecule has 0 radical (unpaired) electrons. The molecular weight excluding hydrogens is 453 g/mol. The van der Waals surface area contributed by atoms with Gasteiger partial charge >= 0.3 is 5.97 Å². The number of amides is 1. The fraction of sp³-hybridized carbons (Fsp3) is 0.333. The smallest absolute Gasteiger partial charge is 0.341 e. The van der Waals surface area contributed by atoms with Crippen molar-refractivity contribution < 1.29 is 19.1 Å². The molecule has 0 unspecified atom stereocenters. The van der Waals surface area contributed by atoms with Crippen LogP contribution in [0.3, 0.4) is 0 Å². The predicted octanol–water partition coefficient (Wildman–Crippen LogP) is 4.28. The highest BCUT2D eigenvalue weighted by Gasteiger charge is 2.27. The Bertz CT molecular complexity index is 831. The second-order valence-corrected chi connectivity index (χ2v) is 7.98. The molecule has 1 aromatic heterocycles. The highest BCUT2D eigenvalue weighted by molar-refractivity contribution is 14.1. The Hall–Kier alpha value is -1.61. The van der Waals surface area contributed by atoms with Gasteiger partial charge in [0.25, 0.3) is 5.91 Å². The second kappa shape index (κ2) is 7.74. The van der Waals surface area contributed by atoms with E-state index in [2.05, 4.69) is 27.9 Å². The molecule has 1 aromatic carbocycles. The minimum Gasteiger partial charge on any atom is -0.496 e. The van der Waals surface area contributed by atoms with Crippen molar-refractivity contribution >= 4 is 50.8 Å². The van der Waals surface area contributed by atoms with Crippen molar-refractivity contribution in [3.8, 4) is 5.75 Å². The minimum absolute atomic E-state index is 0.246. The van der Waals surface area contributed by atoms with E-state index in [0.717, 1.165) is 40.6 Å². The van der Waals surface area contributed by atoms with Crippen LogP contribution in [0.15, 0.2) is 18.2 Å². The number of rotatable bonds is 4. The van der Waals surface area contributed by atoms with E-state index in [1.165, 1.54) is 23.3 Å². The van der Waals surface area contributed by atoms with Crippen LogP contribution >= 0.6 is 33.9 Å². The van der Waals surface area contributed by atoms with Crippen LogP contribution in [-0.4, -0.2) is 26.1 Å². The summed E-state index contributed by atoms with van der Waals surface area (Å²) in [4.78, 5) is 26.1. The van der Waals surface area contributed by atoms with Crippen molar-refractivity contribution in [2.75, 3.05) is 19.5 Å². The Kier molecular flexibility index (Phi) is 5.63. The average molecular weight is 471 g/mol. The van der Waals surface area contributed by atoms with Gasteiger partial charge in [0.05, 0.1) is 23.4 Å². The maximum Gasteiger partial charge on any atom is 0.341 e. The molecule has 0 saturated carbocycles. The van der Waals surface area contributed by atoms with E-state index in [1.807, 2.05) is 0 Å². The van der Waals surface area contributed by atoms with Crippen LogP contribution in [0.4, 0.5) is 5.00 Å². The Morgan fingerprint density at radius 2 is 1.96 bits per heavy atom. The molecule has 5 nitrogen and oxygen atoms in total. The van der Waals surface area contributed by atoms with E-state index in [9.17, 15) is 9.59 Å². The van der Waals surface area contributed by atoms with Crippen LogP contribution in [0.25, 0.3) is 0 Å². The topological polar surface area (TPSA) is 64.6 Å². The number of hydrogen-bond acceptors (Lipinski definition) is 5. The largest absolute Gasteiger partial charge is 0.496 e. The minimum atomic E-state index is -0.390. The Morgan fingerprint density at radius 1 is 1.20 bits per heavy atom. The molecule has 7 heteroatoms. The molecular formula is C18H18INO4S. The Morgan fingerprint density at radius 3 is 2.64 bits per heavy atom. The van der Waals surface area contributed by atoms with Gasteiger partial charge in [-0.25, -0.2) is 4.79 Å². The molecule has 0 atom stereocenters. The van der Waals surface area contributed by atoms with Crippen molar-refractivity contribution in [1.29, 1.82) is 0 Å². The standard InChI is InChI=1S/C18H18INO4S/c1-23-13-8-7-10(9-12(13)19)16(21)20-17-15(18(22)24-2)11-5-3-4-6-14(11)25-17/h7-9H,3-6H2,1-2H3,(H,20,21). The molecule has 0 fully saturated rings. The molecule has 0 aliphatic heterocycles. The summed E-state index contributed by atoms with van der Waals surface area (Å²) in [6.07, 6.45) is 3.96. The highest BCUT2D eigenvalue weighted by Crippen LogP contribution is 2.38. The molecule has 0 saturated heterocycles. The summed E-state index contributed by atoms with van der Waals surface area (Å²) in [5.74, 6) is 0.0855. The molecule has 1 aliphatic rings. The number of benzene rings is 1. The normalized spacial score (nSPS) is 13.1. The first-order chi connectivity index (χ1) is 12.0. The molecule has 0 bridgehead atoms. The first-order valence-electron chi connectivity index (χ1n) is 7.93. The zero-order valence-corrected chi connectivity index (χ0v) is 17.0. The number of esters is 1. The number of ether oxygens (including phenoxy) is 2. The van der Waals surface area contributed by atoms with E-state index in [0.29, 0.717) is 16.1 Å². The van der Waals surface area contributed by atoms with Gasteiger partial charge in [-0.1, -0.05) is 0 Å². The van der Waals surface area contributed by atoms with Gasteiger partial charge in [-0.05, 0) is 72.0 Å². The summed E-state index contributed by atoms with van der Waals surface area (Å²) in [6.45, 7) is 0. The lowest BCUT2D eigenvalue weighted by molar-refractivity contribution is 0.0601. The van der Waals surface area contributed by atoms with Crippen molar-refractivity contribution in [2.45, 2.75) is 25.7 Å². The van der Waals surface area contributed by atoms with Crippen LogP contribution in [0, 0.1) is 3.57 Å². The summed E-state index contributed by atoms with van der Waals surface area (Å²) in [5.41, 5.74) is 2.06. The summed E-state index contributed by atoms with van der Waals surface area (Å²) >= 11 is 3.61. The van der Waals surface area contributed by atoms with E-state index in [-0.39, 0.29) is 11.9 Å². The van der Waals surface area contributed by atoms with Crippen LogP contribution < -0.4 is 10.1 Å². The van der Waals surface area contributed by atoms with Gasteiger partial charge in [0.2, 0.25) is 0 Å². The van der Waals surface area contributed by atoms with Crippen molar-refractivity contribution in [2.24, 2.45) is 0 Å². The van der Waals surface area contributed by atoms with Gasteiger partial charge in [-0.2, -0.15) is 0 Å². The quantitative estimate of drug-likeness (QED) is 0.534. The Balaban J connectivity index is 1.92. The number of carbonyl (C=O) groups excluding carboxylic acids is 2. The van der Waals surface area contributed by atoms with E-state index in [4.69, 9.17) is 9.47 Å². The second-order valence-electron chi connectivity index (χ2n) is 5.71. The lowest BCUT2D eigenvalue weighted by atomic mass is 9.95. The van der Waals surface area contributed by atoms with Crippen LogP contribution in [0.1, 0.15) is 44.0 Å². The maximum atomic E-state index is 12.6. The first-order valence-corrected chi connectivity index (χ1v) is 9.82. The molecule has 3 rings (SSSR count). The van der Waals surface area contributed by atoms with Crippen LogP contribution in [0.5, 0.6) is 5.75 Å². The zero-order valence-electron chi connectivity index (χ0n) is 14.0. The number of thiophene rings is 1. The van der Waals surface area contributed by atoms with Gasteiger partial charge in [-0.3, -0.25) is 4.79 Å². The summed E-state index contributed by atoms with van der Waals surface area (Å²) in [5, 5.41) is 3.48. The third-order valence-corrected chi connectivity index (χ3v) is 6.25. The van der Waals surface area contributed by atoms with Crippen LogP contribution in [0.2, 0.25) is 0 Å². The number of anilines is 1. The number of hydrogen-bond donors (Lipinski definition) is 1. The maximum absolute atomic E-state index is 12.6. The van der Waals surface area contributed by atoms with Crippen molar-refractivity contribution in [3.05, 3.63) is 43.3 Å². The van der Waals surface area contributed by atoms with E-state index >= 15 is 0 Å². The fourth-order valence-corrected chi connectivity index (χ4v) is 4.96. The molecule has 1 heterocycles. The van der Waals surface area contributed by atoms with Gasteiger partial charge in [0.15, 0.2) is 0 Å². The third-order valence-electron chi connectivity index (χ3n) is 4.20. The molecule has 132 valence electrons. The number of methoxy groups -OCH3 is 2. The highest BCUT2D eigenvalue weighted by atomic mass is 127. The summed E-state index contributed by atoms with van der Waals surface area (Å²) in [7, 11) is 2.96. The van der Waals surface area contributed by atoms with Gasteiger partial charge in [0.1, 0.15) is 10.8 Å². The molecule has 2 aromatic rings. The SMILES string of the molecule is COC(=O)c1c(NC(=O)c2ccc(OC)c(I)c2)sc2c1CCCC2. The Labute approximate surface area is 163 Å². The van der Waals surface area contributed by atoms with Gasteiger partial charge < -0.3 is 14.8 Å². The summed E-state index contributed by atoms with van der Waals surface area (Å²) in [6, 6.07) is 5.24. The third kappa shape index (κ3) is 3.67. The molecule has 1 N–H and O–H groups in total. The van der Waals surface area contributed by atoms with Gasteiger partial charge in [-0.15, -0.1) is 11.3 Å². The predicted molar refractivity (Wildman–Crippen MR) is 106 cm³/mol. The molecule has 0 spiro atoms. The lowest BCUT2D eigenvalue weighted by Crippen LogP contribution is -2.15. The summed E-state index contributed by atoms with van der Waals surface area (Å²) < 4.78 is 11.0. The van der Waals surface area contributed by atoms with E-state index in [1.54, 1.807) is 25.3 Å². The van der Waals surface area contributed by atoms with Crippen molar-refractivity contribution in [1.82, 2.24) is 0 Å². The van der Waals surface area contributed by atoms with E-state index < -0.39 is 0 Å². The fourth-order valence-electron chi connectivity index (χ4n) is 2.95. The average Bonchev–Trinajstić information content (AvgIpc) is 2.98. The lowest BCUT2D eigenvalue weighted by Gasteiger charge is -2.12. The molecule has 1 aliphatic carbocycles. The number of halogens is 1. The van der Waals surface area contributed by atoms with Crippen LogP contribution in [-0.2, 0) is 17.6 Å².